The number of nitrogens with one attached hydrogen (secondary N) is 1. The number of para-hydroxylation sites is 1. The van der Waals surface area contributed by atoms with Crippen LogP contribution in [0.1, 0.15) is 63.9 Å². The van der Waals surface area contributed by atoms with Gasteiger partial charge in [0.05, 0.1) is 6.61 Å². The first-order valence-corrected chi connectivity index (χ1v) is 8.47. The molecule has 3 heteroatoms. The molecule has 1 aromatic carbocycles. The predicted molar refractivity (Wildman–Crippen MR) is 88.3 cm³/mol. The van der Waals surface area contributed by atoms with Crippen LogP contribution < -0.4 is 16.0 Å². The number of hydrogen-bond acceptors (Lipinski definition) is 3. The first-order valence-electron chi connectivity index (χ1n) is 8.47. The van der Waals surface area contributed by atoms with E-state index in [4.69, 9.17) is 10.6 Å². The van der Waals surface area contributed by atoms with Crippen molar-refractivity contribution in [1.29, 1.82) is 0 Å². The topological polar surface area (TPSA) is 47.3 Å². The summed E-state index contributed by atoms with van der Waals surface area (Å²) < 4.78 is 5.77. The Bertz CT molecular complexity index is 421. The van der Waals surface area contributed by atoms with E-state index in [1.165, 1.54) is 31.2 Å². The maximum Gasteiger partial charge on any atom is 0.122 e. The fourth-order valence-corrected chi connectivity index (χ4v) is 3.52. The lowest BCUT2D eigenvalue weighted by molar-refractivity contribution is 0.233. The third kappa shape index (κ3) is 4.21. The van der Waals surface area contributed by atoms with Gasteiger partial charge in [0.2, 0.25) is 0 Å². The fraction of sp³-hybridized carbons (Fsp3) is 0.667. The van der Waals surface area contributed by atoms with Gasteiger partial charge in [-0.15, -0.1) is 0 Å². The molecule has 1 aliphatic heterocycles. The molecule has 3 N–H and O–H groups in total. The molecular weight excluding hydrogens is 260 g/mol. The third-order valence-corrected chi connectivity index (χ3v) is 4.86. The van der Waals surface area contributed by atoms with Crippen molar-refractivity contribution in [3.63, 3.8) is 0 Å². The number of benzene rings is 1. The van der Waals surface area contributed by atoms with Crippen LogP contribution in [0.4, 0.5) is 0 Å². The van der Waals surface area contributed by atoms with Gasteiger partial charge in [-0.1, -0.05) is 51.3 Å². The van der Waals surface area contributed by atoms with Crippen molar-refractivity contribution in [3.05, 3.63) is 29.8 Å². The average Bonchev–Trinajstić information content (AvgIpc) is 2.54. The Morgan fingerprint density at radius 3 is 2.86 bits per heavy atom. The van der Waals surface area contributed by atoms with Gasteiger partial charge in [0.1, 0.15) is 5.75 Å². The molecule has 3 unspecified atom stereocenters. The summed E-state index contributed by atoms with van der Waals surface area (Å²) in [6, 6.07) is 8.86. The average molecular weight is 290 g/mol. The van der Waals surface area contributed by atoms with E-state index in [0.29, 0.717) is 17.9 Å². The number of hydrogen-bond donors (Lipinski definition) is 2. The smallest absolute Gasteiger partial charge is 0.122 e. The second-order valence-electron chi connectivity index (χ2n) is 6.19. The largest absolute Gasteiger partial charge is 0.493 e. The minimum atomic E-state index is 0.401. The summed E-state index contributed by atoms with van der Waals surface area (Å²) >= 11 is 0. The van der Waals surface area contributed by atoms with Crippen molar-refractivity contribution < 1.29 is 4.74 Å². The zero-order valence-electron chi connectivity index (χ0n) is 13.5. The van der Waals surface area contributed by atoms with Gasteiger partial charge >= 0.3 is 0 Å². The van der Waals surface area contributed by atoms with Crippen molar-refractivity contribution in [2.24, 2.45) is 11.8 Å². The second kappa shape index (κ2) is 8.40. The second-order valence-corrected chi connectivity index (χ2v) is 6.19. The van der Waals surface area contributed by atoms with Gasteiger partial charge in [0.25, 0.3) is 0 Å². The maximum absolute atomic E-state index is 5.88. The summed E-state index contributed by atoms with van der Waals surface area (Å²) in [5.74, 6) is 8.17. The Morgan fingerprint density at radius 2 is 2.14 bits per heavy atom. The van der Waals surface area contributed by atoms with Gasteiger partial charge in [0, 0.05) is 6.04 Å². The van der Waals surface area contributed by atoms with Crippen LogP contribution in [0.15, 0.2) is 24.3 Å². The Kier molecular flexibility index (Phi) is 6.52. The summed E-state index contributed by atoms with van der Waals surface area (Å²) in [6.07, 6.45) is 7.22. The molecule has 0 amide bonds. The Balaban J connectivity index is 2.05. The Hall–Kier alpha value is -1.06. The molecule has 3 nitrogen and oxygen atoms in total. The van der Waals surface area contributed by atoms with Gasteiger partial charge in [0.15, 0.2) is 0 Å². The highest BCUT2D eigenvalue weighted by Crippen LogP contribution is 2.37. The van der Waals surface area contributed by atoms with Gasteiger partial charge in [-0.2, -0.15) is 0 Å². The van der Waals surface area contributed by atoms with Gasteiger partial charge in [-0.3, -0.25) is 11.3 Å². The van der Waals surface area contributed by atoms with Crippen molar-refractivity contribution in [2.45, 2.75) is 64.3 Å². The SMILES string of the molecule is CCCCC(CC)C(CC1CCOc2ccccc21)NN. The third-order valence-electron chi connectivity index (χ3n) is 4.86. The fourth-order valence-electron chi connectivity index (χ4n) is 3.52. The molecule has 1 aliphatic rings. The normalized spacial score (nSPS) is 20.4. The standard InChI is InChI=1S/C18H30N2O/c1-3-5-8-14(4-2)17(20-19)13-15-11-12-21-18-10-7-6-9-16(15)18/h6-7,9-10,14-15,17,20H,3-5,8,11-13,19H2,1-2H3. The molecule has 21 heavy (non-hydrogen) atoms. The number of unbranched alkanes of at least 4 members (excludes halogenated alkanes) is 1. The molecule has 0 aromatic heterocycles. The van der Waals surface area contributed by atoms with E-state index in [0.717, 1.165) is 25.2 Å². The van der Waals surface area contributed by atoms with Crippen molar-refractivity contribution in [1.82, 2.24) is 5.43 Å². The number of rotatable bonds is 8. The highest BCUT2D eigenvalue weighted by atomic mass is 16.5. The molecule has 1 heterocycles. The van der Waals surface area contributed by atoms with E-state index in [2.05, 4.69) is 43.5 Å². The Labute approximate surface area is 129 Å². The first-order chi connectivity index (χ1) is 10.3. The summed E-state index contributed by atoms with van der Waals surface area (Å²) in [5, 5.41) is 0. The van der Waals surface area contributed by atoms with Crippen LogP contribution in [0.5, 0.6) is 5.75 Å². The summed E-state index contributed by atoms with van der Waals surface area (Å²) in [6.45, 7) is 5.36. The molecule has 0 spiro atoms. The van der Waals surface area contributed by atoms with Gasteiger partial charge in [-0.25, -0.2) is 0 Å². The highest BCUT2D eigenvalue weighted by molar-refractivity contribution is 5.37. The highest BCUT2D eigenvalue weighted by Gasteiger charge is 2.27. The van der Waals surface area contributed by atoms with Crippen LogP contribution in [-0.2, 0) is 0 Å². The molecule has 0 aliphatic carbocycles. The van der Waals surface area contributed by atoms with E-state index >= 15 is 0 Å². The van der Waals surface area contributed by atoms with Crippen molar-refractivity contribution in [3.8, 4) is 5.75 Å². The molecular formula is C18H30N2O. The van der Waals surface area contributed by atoms with Crippen LogP contribution in [0.2, 0.25) is 0 Å². The van der Waals surface area contributed by atoms with Gasteiger partial charge < -0.3 is 4.74 Å². The number of hydrazine groups is 1. The van der Waals surface area contributed by atoms with E-state index in [-0.39, 0.29) is 0 Å². The zero-order valence-corrected chi connectivity index (χ0v) is 13.5. The van der Waals surface area contributed by atoms with E-state index < -0.39 is 0 Å². The predicted octanol–water partition coefficient (Wildman–Crippen LogP) is 3.99. The molecule has 0 saturated carbocycles. The summed E-state index contributed by atoms with van der Waals surface area (Å²) in [4.78, 5) is 0. The monoisotopic (exact) mass is 290 g/mol. The number of ether oxygens (including phenoxy) is 1. The lowest BCUT2D eigenvalue weighted by Crippen LogP contribution is -2.42. The van der Waals surface area contributed by atoms with Crippen LogP contribution in [0.25, 0.3) is 0 Å². The molecule has 0 radical (unpaired) electrons. The van der Waals surface area contributed by atoms with Crippen molar-refractivity contribution in [2.75, 3.05) is 6.61 Å². The molecule has 2 rings (SSSR count). The van der Waals surface area contributed by atoms with Gasteiger partial charge in [-0.05, 0) is 42.7 Å². The van der Waals surface area contributed by atoms with Crippen LogP contribution in [0, 0.1) is 5.92 Å². The number of nitrogens with two attached hydrogens (primary N) is 1. The van der Waals surface area contributed by atoms with Crippen LogP contribution in [-0.4, -0.2) is 12.6 Å². The van der Waals surface area contributed by atoms with Crippen molar-refractivity contribution >= 4 is 0 Å². The van der Waals surface area contributed by atoms with E-state index in [9.17, 15) is 0 Å². The van der Waals surface area contributed by atoms with E-state index in [1.807, 2.05) is 0 Å². The van der Waals surface area contributed by atoms with Crippen LogP contribution in [0.3, 0.4) is 0 Å². The Morgan fingerprint density at radius 1 is 1.33 bits per heavy atom. The lowest BCUT2D eigenvalue weighted by Gasteiger charge is -2.32. The van der Waals surface area contributed by atoms with E-state index in [1.54, 1.807) is 0 Å². The molecule has 3 atom stereocenters. The summed E-state index contributed by atoms with van der Waals surface area (Å²) in [7, 11) is 0. The maximum atomic E-state index is 5.88. The molecule has 1 aromatic rings. The first kappa shape index (κ1) is 16.3. The van der Waals surface area contributed by atoms with Crippen LogP contribution >= 0.6 is 0 Å². The zero-order chi connectivity index (χ0) is 15.1. The molecule has 0 bridgehead atoms. The quantitative estimate of drug-likeness (QED) is 0.562. The molecule has 0 saturated heterocycles. The minimum absolute atomic E-state index is 0.401. The number of fused-ring (bicyclic) bond motifs is 1. The minimum Gasteiger partial charge on any atom is -0.493 e. The summed E-state index contributed by atoms with van der Waals surface area (Å²) in [5.41, 5.74) is 4.46. The molecule has 0 fully saturated rings. The lowest BCUT2D eigenvalue weighted by atomic mass is 9.81. The molecule has 118 valence electrons.